The van der Waals surface area contributed by atoms with Crippen molar-refractivity contribution in [3.05, 3.63) is 59.8 Å². The minimum atomic E-state index is 0.676. The van der Waals surface area contributed by atoms with Crippen LogP contribution in [0.1, 0.15) is 11.3 Å². The average Bonchev–Trinajstić information content (AvgIpc) is 2.82. The Morgan fingerprint density at radius 2 is 2.05 bits per heavy atom. The topological polar surface area (TPSA) is 29.9 Å². The maximum atomic E-state index is 5.41. The third-order valence-corrected chi connectivity index (χ3v) is 3.32. The van der Waals surface area contributed by atoms with Crippen LogP contribution in [0.15, 0.2) is 48.5 Å². The van der Waals surface area contributed by atoms with Crippen LogP contribution in [0.3, 0.4) is 0 Å². The highest BCUT2D eigenvalue weighted by Crippen LogP contribution is 2.19. The maximum Gasteiger partial charge on any atom is 0.0894 e. The number of fused-ring (bicyclic) bond motifs is 1. The summed E-state index contributed by atoms with van der Waals surface area (Å²) in [5.41, 5.74) is 4.06. The lowest BCUT2D eigenvalue weighted by Gasteiger charge is -2.05. The van der Waals surface area contributed by atoms with Gasteiger partial charge in [0.1, 0.15) is 0 Å². The molecule has 0 saturated carbocycles. The van der Waals surface area contributed by atoms with Crippen LogP contribution < -0.4 is 5.32 Å². The van der Waals surface area contributed by atoms with Gasteiger partial charge in [0, 0.05) is 23.7 Å². The Labute approximate surface area is 118 Å². The van der Waals surface area contributed by atoms with E-state index in [1.165, 1.54) is 5.39 Å². The number of aryl methyl sites for hydroxylation is 1. The summed E-state index contributed by atoms with van der Waals surface area (Å²) < 4.78 is 1.91. The predicted octanol–water partition coefficient (Wildman–Crippen LogP) is 3.17. The number of hydrogen-bond acceptors (Lipinski definition) is 2. The number of anilines is 1. The third-order valence-electron chi connectivity index (χ3n) is 3.32. The van der Waals surface area contributed by atoms with Gasteiger partial charge in [0.2, 0.25) is 0 Å². The van der Waals surface area contributed by atoms with Gasteiger partial charge in [-0.15, -0.1) is 6.42 Å². The van der Waals surface area contributed by atoms with Gasteiger partial charge in [0.15, 0.2) is 0 Å². The lowest BCUT2D eigenvalue weighted by atomic mass is 10.2. The van der Waals surface area contributed by atoms with Gasteiger partial charge in [0.25, 0.3) is 0 Å². The van der Waals surface area contributed by atoms with Crippen molar-refractivity contribution in [2.75, 3.05) is 5.32 Å². The molecule has 20 heavy (non-hydrogen) atoms. The quantitative estimate of drug-likeness (QED) is 0.734. The van der Waals surface area contributed by atoms with E-state index in [0.717, 1.165) is 22.5 Å². The molecule has 0 unspecified atom stereocenters. The number of hydrogen-bond donors (Lipinski definition) is 1. The molecular formula is C17H15N3. The first kappa shape index (κ1) is 12.3. The molecule has 0 aliphatic carbocycles. The van der Waals surface area contributed by atoms with Gasteiger partial charge in [-0.2, -0.15) is 5.10 Å². The summed E-state index contributed by atoms with van der Waals surface area (Å²) >= 11 is 0. The molecule has 0 aliphatic rings. The fraction of sp³-hybridized carbons (Fsp3) is 0.118. The Kier molecular flexibility index (Phi) is 3.14. The van der Waals surface area contributed by atoms with E-state index in [0.29, 0.717) is 6.54 Å². The van der Waals surface area contributed by atoms with Crippen molar-refractivity contribution >= 4 is 16.6 Å². The summed E-state index contributed by atoms with van der Waals surface area (Å²) in [6.07, 6.45) is 5.41. The summed E-state index contributed by atoms with van der Waals surface area (Å²) in [7, 11) is 1.96. The number of nitrogens with one attached hydrogen (secondary N) is 1. The van der Waals surface area contributed by atoms with Crippen molar-refractivity contribution < 1.29 is 0 Å². The Hall–Kier alpha value is -2.73. The highest BCUT2D eigenvalue weighted by atomic mass is 15.3. The van der Waals surface area contributed by atoms with Crippen LogP contribution in [0.5, 0.6) is 0 Å². The molecular weight excluding hydrogens is 246 g/mol. The Balaban J connectivity index is 1.85. The number of aromatic nitrogens is 2. The van der Waals surface area contributed by atoms with Gasteiger partial charge >= 0.3 is 0 Å². The molecule has 0 aliphatic heterocycles. The summed E-state index contributed by atoms with van der Waals surface area (Å²) in [5.74, 6) is 2.64. The number of terminal acetylenes is 1. The molecule has 0 amide bonds. The minimum absolute atomic E-state index is 0.676. The van der Waals surface area contributed by atoms with Crippen molar-refractivity contribution in [2.45, 2.75) is 6.54 Å². The van der Waals surface area contributed by atoms with E-state index in [4.69, 9.17) is 6.42 Å². The van der Waals surface area contributed by atoms with Gasteiger partial charge in [-0.25, -0.2) is 0 Å². The second kappa shape index (κ2) is 5.10. The van der Waals surface area contributed by atoms with E-state index in [1.54, 1.807) is 0 Å². The van der Waals surface area contributed by atoms with Crippen LogP contribution >= 0.6 is 0 Å². The second-order valence-corrected chi connectivity index (χ2v) is 4.67. The maximum absolute atomic E-state index is 5.41. The molecule has 98 valence electrons. The number of benzene rings is 2. The van der Waals surface area contributed by atoms with Gasteiger partial charge in [-0.3, -0.25) is 4.68 Å². The van der Waals surface area contributed by atoms with Crippen LogP contribution in [0.25, 0.3) is 10.9 Å². The highest BCUT2D eigenvalue weighted by Gasteiger charge is 2.07. The van der Waals surface area contributed by atoms with E-state index < -0.39 is 0 Å². The summed E-state index contributed by atoms with van der Waals surface area (Å²) in [4.78, 5) is 0. The van der Waals surface area contributed by atoms with Gasteiger partial charge in [-0.05, 0) is 24.3 Å². The zero-order valence-corrected chi connectivity index (χ0v) is 11.3. The largest absolute Gasteiger partial charge is 0.379 e. The van der Waals surface area contributed by atoms with Crippen LogP contribution in [0, 0.1) is 12.3 Å². The monoisotopic (exact) mass is 261 g/mol. The highest BCUT2D eigenvalue weighted by molar-refractivity contribution is 5.82. The van der Waals surface area contributed by atoms with Gasteiger partial charge in [-0.1, -0.05) is 30.2 Å². The lowest BCUT2D eigenvalue weighted by Crippen LogP contribution is -2.01. The standard InChI is InChI=1S/C17H15N3/c1-3-13-7-6-8-14(11-13)18-12-16-15-9-4-5-10-17(15)20(2)19-16/h1,4-11,18H,12H2,2H3. The Morgan fingerprint density at radius 3 is 2.90 bits per heavy atom. The van der Waals surface area contributed by atoms with Crippen molar-refractivity contribution in [1.29, 1.82) is 0 Å². The molecule has 1 heterocycles. The first-order valence-corrected chi connectivity index (χ1v) is 6.49. The molecule has 1 aromatic heterocycles. The molecule has 3 heteroatoms. The normalized spacial score (nSPS) is 10.4. The zero-order valence-electron chi connectivity index (χ0n) is 11.3. The average molecular weight is 261 g/mol. The summed E-state index contributed by atoms with van der Waals surface area (Å²) in [6.45, 7) is 0.676. The Morgan fingerprint density at radius 1 is 1.20 bits per heavy atom. The number of para-hydroxylation sites is 1. The van der Waals surface area contributed by atoms with E-state index in [1.807, 2.05) is 48.1 Å². The molecule has 0 spiro atoms. The molecule has 0 bridgehead atoms. The van der Waals surface area contributed by atoms with Gasteiger partial charge < -0.3 is 5.32 Å². The lowest BCUT2D eigenvalue weighted by molar-refractivity contribution is 0.771. The van der Waals surface area contributed by atoms with E-state index >= 15 is 0 Å². The molecule has 0 radical (unpaired) electrons. The first-order valence-electron chi connectivity index (χ1n) is 6.49. The van der Waals surface area contributed by atoms with E-state index in [2.05, 4.69) is 28.5 Å². The minimum Gasteiger partial charge on any atom is -0.379 e. The zero-order chi connectivity index (χ0) is 13.9. The third kappa shape index (κ3) is 2.24. The first-order chi connectivity index (χ1) is 9.78. The molecule has 3 rings (SSSR count). The van der Waals surface area contributed by atoms with Gasteiger partial charge in [0.05, 0.1) is 17.8 Å². The molecule has 1 N–H and O–H groups in total. The van der Waals surface area contributed by atoms with Crippen molar-refractivity contribution in [3.63, 3.8) is 0 Å². The number of rotatable bonds is 3. The van der Waals surface area contributed by atoms with Crippen molar-refractivity contribution in [1.82, 2.24) is 9.78 Å². The molecule has 2 aromatic carbocycles. The second-order valence-electron chi connectivity index (χ2n) is 4.67. The van der Waals surface area contributed by atoms with Crippen LogP contribution in [-0.2, 0) is 13.6 Å². The van der Waals surface area contributed by atoms with Crippen LogP contribution in [-0.4, -0.2) is 9.78 Å². The molecule has 3 aromatic rings. The predicted molar refractivity (Wildman–Crippen MR) is 82.4 cm³/mol. The summed E-state index contributed by atoms with van der Waals surface area (Å²) in [6, 6.07) is 16.1. The molecule has 3 nitrogen and oxygen atoms in total. The van der Waals surface area contributed by atoms with Crippen molar-refractivity contribution in [2.24, 2.45) is 7.05 Å². The Bertz CT molecular complexity index is 793. The number of nitrogens with zero attached hydrogens (tertiary/aromatic N) is 2. The fourth-order valence-corrected chi connectivity index (χ4v) is 2.32. The van der Waals surface area contributed by atoms with Crippen LogP contribution in [0.2, 0.25) is 0 Å². The fourth-order valence-electron chi connectivity index (χ4n) is 2.32. The molecule has 0 atom stereocenters. The van der Waals surface area contributed by atoms with Crippen molar-refractivity contribution in [3.8, 4) is 12.3 Å². The van der Waals surface area contributed by atoms with Crippen LogP contribution in [0.4, 0.5) is 5.69 Å². The molecule has 0 saturated heterocycles. The molecule has 0 fully saturated rings. The smallest absolute Gasteiger partial charge is 0.0894 e. The SMILES string of the molecule is C#Cc1cccc(NCc2nn(C)c3ccccc23)c1. The van der Waals surface area contributed by atoms with E-state index in [-0.39, 0.29) is 0 Å². The van der Waals surface area contributed by atoms with E-state index in [9.17, 15) is 0 Å². The summed E-state index contributed by atoms with van der Waals surface area (Å²) in [5, 5.41) is 9.11.